The minimum atomic E-state index is 0.0729. The zero-order valence-electron chi connectivity index (χ0n) is 25.0. The fourth-order valence-corrected chi connectivity index (χ4v) is 6.54. The van der Waals surface area contributed by atoms with Crippen molar-refractivity contribution in [3.05, 3.63) is 146 Å². The zero-order chi connectivity index (χ0) is 30.6. The summed E-state index contributed by atoms with van der Waals surface area (Å²) in [7, 11) is 0. The monoisotopic (exact) mass is 599 g/mol. The van der Waals surface area contributed by atoms with Gasteiger partial charge in [-0.3, -0.25) is 5.01 Å². The molecule has 0 amide bonds. The first-order valence-corrected chi connectivity index (χ1v) is 15.4. The van der Waals surface area contributed by atoms with E-state index in [-0.39, 0.29) is 6.04 Å². The van der Waals surface area contributed by atoms with Crippen molar-refractivity contribution in [2.45, 2.75) is 13.0 Å². The standard InChI is InChI=1S/C39H29N5O2/c1-26-36(44-32-15-4-2-13-30(32)31-14-3-5-16-33(31)44)25-42(41-26)27-20-21-38-35(24-27)43(34-17-6-7-18-37(34)46-38)28-11-10-12-29(23-28)45-39-19-8-9-22-40-39/h2-26,41H,1H3. The Bertz CT molecular complexity index is 2240. The van der Waals surface area contributed by atoms with Gasteiger partial charge in [-0.2, -0.15) is 0 Å². The first kappa shape index (κ1) is 26.4. The summed E-state index contributed by atoms with van der Waals surface area (Å²) in [6.45, 7) is 2.20. The number of benzene rings is 5. The van der Waals surface area contributed by atoms with E-state index in [1.807, 2.05) is 60.7 Å². The zero-order valence-corrected chi connectivity index (χ0v) is 25.0. The van der Waals surface area contributed by atoms with Gasteiger partial charge in [0.2, 0.25) is 5.88 Å². The van der Waals surface area contributed by atoms with Gasteiger partial charge in [-0.25, -0.2) is 10.4 Å². The number of hydrazine groups is 1. The minimum absolute atomic E-state index is 0.0729. The second-order valence-corrected chi connectivity index (χ2v) is 11.5. The number of para-hydroxylation sites is 4. The summed E-state index contributed by atoms with van der Waals surface area (Å²) in [4.78, 5) is 6.55. The van der Waals surface area contributed by atoms with Gasteiger partial charge in [0.05, 0.1) is 45.5 Å². The number of ether oxygens (including phenoxy) is 2. The lowest BCUT2D eigenvalue weighted by Gasteiger charge is -2.33. The normalized spacial score (nSPS) is 15.4. The van der Waals surface area contributed by atoms with Crippen molar-refractivity contribution in [1.82, 2.24) is 15.0 Å². The van der Waals surface area contributed by atoms with Crippen LogP contribution in [0.3, 0.4) is 0 Å². The van der Waals surface area contributed by atoms with Crippen LogP contribution in [0.15, 0.2) is 146 Å². The summed E-state index contributed by atoms with van der Waals surface area (Å²) in [5.74, 6) is 2.81. The summed E-state index contributed by atoms with van der Waals surface area (Å²) in [5.41, 5.74) is 11.1. The van der Waals surface area contributed by atoms with Crippen molar-refractivity contribution < 1.29 is 9.47 Å². The second-order valence-electron chi connectivity index (χ2n) is 11.5. The van der Waals surface area contributed by atoms with E-state index in [4.69, 9.17) is 9.47 Å². The number of hydrogen-bond donors (Lipinski definition) is 1. The first-order chi connectivity index (χ1) is 22.7. The number of rotatable bonds is 5. The van der Waals surface area contributed by atoms with E-state index in [0.29, 0.717) is 11.6 Å². The highest BCUT2D eigenvalue weighted by Gasteiger charge is 2.29. The molecule has 9 rings (SSSR count). The SMILES string of the molecule is CC1NN(c2ccc3c(c2)N(c2cccc(Oc4ccccn4)c2)c2ccccc2O3)C=C1n1c2ccccc2c2ccccc21. The lowest BCUT2D eigenvalue weighted by Crippen LogP contribution is -2.34. The summed E-state index contributed by atoms with van der Waals surface area (Å²) in [6.07, 6.45) is 3.93. The Hall–Kier alpha value is -6.05. The molecule has 7 heteroatoms. The van der Waals surface area contributed by atoms with Crippen LogP contribution in [-0.2, 0) is 0 Å². The van der Waals surface area contributed by atoms with Crippen molar-refractivity contribution >= 4 is 50.3 Å². The van der Waals surface area contributed by atoms with Crippen LogP contribution in [0, 0.1) is 0 Å². The van der Waals surface area contributed by atoms with E-state index in [1.165, 1.54) is 27.5 Å². The quantitative estimate of drug-likeness (QED) is 0.213. The van der Waals surface area contributed by atoms with Crippen LogP contribution in [0.4, 0.5) is 22.7 Å². The number of aromatic nitrogens is 2. The van der Waals surface area contributed by atoms with Gasteiger partial charge in [0.25, 0.3) is 0 Å². The number of nitrogens with one attached hydrogen (secondary N) is 1. The molecule has 0 saturated carbocycles. The Morgan fingerprint density at radius 3 is 2.22 bits per heavy atom. The van der Waals surface area contributed by atoms with Gasteiger partial charge < -0.3 is 18.9 Å². The van der Waals surface area contributed by atoms with Gasteiger partial charge in [0, 0.05) is 35.3 Å². The topological polar surface area (TPSA) is 54.8 Å². The molecule has 1 N–H and O–H groups in total. The molecule has 1 unspecified atom stereocenters. The van der Waals surface area contributed by atoms with Crippen LogP contribution in [0.1, 0.15) is 6.92 Å². The van der Waals surface area contributed by atoms with Crippen LogP contribution in [0.25, 0.3) is 27.5 Å². The maximum Gasteiger partial charge on any atom is 0.219 e. The Morgan fingerprint density at radius 1 is 0.674 bits per heavy atom. The number of nitrogens with zero attached hydrogens (tertiary/aromatic N) is 4. The highest BCUT2D eigenvalue weighted by Crippen LogP contribution is 2.52. The van der Waals surface area contributed by atoms with Crippen molar-refractivity contribution in [3.63, 3.8) is 0 Å². The highest BCUT2D eigenvalue weighted by atomic mass is 16.5. The predicted octanol–water partition coefficient (Wildman–Crippen LogP) is 9.77. The fraction of sp³-hybridized carbons (Fsp3) is 0.0513. The number of hydrogen-bond acceptors (Lipinski definition) is 6. The van der Waals surface area contributed by atoms with Gasteiger partial charge in [-0.1, -0.05) is 60.7 Å². The lowest BCUT2D eigenvalue weighted by molar-refractivity contribution is 0.462. The Kier molecular flexibility index (Phi) is 6.04. The second kappa shape index (κ2) is 10.5. The molecule has 0 saturated heterocycles. The predicted molar refractivity (Wildman–Crippen MR) is 184 cm³/mol. The maximum absolute atomic E-state index is 6.43. The van der Waals surface area contributed by atoms with Gasteiger partial charge in [-0.05, 0) is 67.6 Å². The Morgan fingerprint density at radius 2 is 1.41 bits per heavy atom. The molecule has 0 aliphatic carbocycles. The third-order valence-corrected chi connectivity index (χ3v) is 8.60. The summed E-state index contributed by atoms with van der Waals surface area (Å²) < 4.78 is 14.9. The molecule has 0 bridgehead atoms. The first-order valence-electron chi connectivity index (χ1n) is 15.4. The van der Waals surface area contributed by atoms with E-state index >= 15 is 0 Å². The highest BCUT2D eigenvalue weighted by molar-refractivity contribution is 6.10. The average Bonchev–Trinajstić information content (AvgIpc) is 3.64. The molecule has 7 nitrogen and oxygen atoms in total. The van der Waals surface area contributed by atoms with Gasteiger partial charge in [0.15, 0.2) is 11.5 Å². The molecular formula is C39H29N5O2. The third-order valence-electron chi connectivity index (χ3n) is 8.60. The molecule has 7 aromatic rings. The van der Waals surface area contributed by atoms with E-state index < -0.39 is 0 Å². The van der Waals surface area contributed by atoms with Crippen LogP contribution >= 0.6 is 0 Å². The molecule has 222 valence electrons. The molecule has 5 aromatic carbocycles. The van der Waals surface area contributed by atoms with Crippen LogP contribution in [-0.4, -0.2) is 15.6 Å². The van der Waals surface area contributed by atoms with E-state index in [9.17, 15) is 0 Å². The Balaban J connectivity index is 1.13. The van der Waals surface area contributed by atoms with Crippen LogP contribution < -0.4 is 24.8 Å². The smallest absolute Gasteiger partial charge is 0.219 e. The third kappa shape index (κ3) is 4.29. The number of pyridine rings is 1. The molecule has 0 radical (unpaired) electrons. The fourth-order valence-electron chi connectivity index (χ4n) is 6.54. The molecular weight excluding hydrogens is 570 g/mol. The van der Waals surface area contributed by atoms with Crippen LogP contribution in [0.2, 0.25) is 0 Å². The van der Waals surface area contributed by atoms with Crippen molar-refractivity contribution in [1.29, 1.82) is 0 Å². The molecule has 2 aromatic heterocycles. The minimum Gasteiger partial charge on any atom is -0.453 e. The molecule has 1 atom stereocenters. The largest absolute Gasteiger partial charge is 0.453 e. The van der Waals surface area contributed by atoms with Crippen molar-refractivity contribution in [2.75, 3.05) is 9.91 Å². The molecule has 0 spiro atoms. The summed E-state index contributed by atoms with van der Waals surface area (Å²) in [5, 5.41) is 4.61. The maximum atomic E-state index is 6.43. The number of anilines is 4. The van der Waals surface area contributed by atoms with Crippen LogP contribution in [0.5, 0.6) is 23.1 Å². The van der Waals surface area contributed by atoms with Gasteiger partial charge >= 0.3 is 0 Å². The Labute approximate surface area is 266 Å². The average molecular weight is 600 g/mol. The molecule has 46 heavy (non-hydrogen) atoms. The van der Waals surface area contributed by atoms with E-state index in [0.717, 1.165) is 34.2 Å². The summed E-state index contributed by atoms with van der Waals surface area (Å²) >= 11 is 0. The van der Waals surface area contributed by atoms with Crippen molar-refractivity contribution in [3.8, 4) is 23.1 Å². The van der Waals surface area contributed by atoms with E-state index in [2.05, 4.69) is 111 Å². The van der Waals surface area contributed by atoms with E-state index in [1.54, 1.807) is 6.20 Å². The lowest BCUT2D eigenvalue weighted by atomic mass is 10.1. The molecule has 0 fully saturated rings. The van der Waals surface area contributed by atoms with Gasteiger partial charge in [0.1, 0.15) is 5.75 Å². The van der Waals surface area contributed by atoms with Crippen molar-refractivity contribution in [2.24, 2.45) is 0 Å². The molecule has 2 aliphatic rings. The van der Waals surface area contributed by atoms with Gasteiger partial charge in [-0.15, -0.1) is 0 Å². The molecule has 2 aliphatic heterocycles. The number of fused-ring (bicyclic) bond motifs is 5. The summed E-state index contributed by atoms with van der Waals surface area (Å²) in [6, 6.07) is 45.4. The molecule has 4 heterocycles.